The van der Waals surface area contributed by atoms with Crippen molar-refractivity contribution in [3.05, 3.63) is 69.7 Å². The smallest absolute Gasteiger partial charge is 0.142 e. The maximum atomic E-state index is 5.78. The SMILES string of the molecule is Clc1ccc(/[C]=N\OCc2ccc(Cl)cc2)cc1. The average molecular weight is 279 g/mol. The number of nitrogens with zero attached hydrogens (tertiary/aromatic N) is 1. The third kappa shape index (κ3) is 4.06. The first-order chi connectivity index (χ1) is 8.74. The van der Waals surface area contributed by atoms with Gasteiger partial charge in [-0.1, -0.05) is 52.6 Å². The molecule has 2 rings (SSSR count). The van der Waals surface area contributed by atoms with Crippen LogP contribution in [0.5, 0.6) is 0 Å². The Morgan fingerprint density at radius 1 is 0.889 bits per heavy atom. The van der Waals surface area contributed by atoms with E-state index in [0.29, 0.717) is 16.7 Å². The Morgan fingerprint density at radius 2 is 1.44 bits per heavy atom. The molecule has 4 heteroatoms. The molecule has 1 radical (unpaired) electrons. The summed E-state index contributed by atoms with van der Waals surface area (Å²) in [4.78, 5) is 5.13. The van der Waals surface area contributed by atoms with Gasteiger partial charge >= 0.3 is 0 Å². The van der Waals surface area contributed by atoms with Gasteiger partial charge in [-0.2, -0.15) is 0 Å². The summed E-state index contributed by atoms with van der Waals surface area (Å²) in [5.41, 5.74) is 1.82. The van der Waals surface area contributed by atoms with Crippen LogP contribution in [0.4, 0.5) is 0 Å². The lowest BCUT2D eigenvalue weighted by Gasteiger charge is -1.99. The molecule has 0 spiro atoms. The van der Waals surface area contributed by atoms with Gasteiger partial charge in [-0.25, -0.2) is 0 Å². The van der Waals surface area contributed by atoms with Crippen LogP contribution in [0.3, 0.4) is 0 Å². The minimum absolute atomic E-state index is 0.387. The Morgan fingerprint density at radius 3 is 2.06 bits per heavy atom. The van der Waals surface area contributed by atoms with Gasteiger partial charge < -0.3 is 4.84 Å². The van der Waals surface area contributed by atoms with Crippen molar-refractivity contribution in [1.82, 2.24) is 0 Å². The Bertz CT molecular complexity index is 520. The Kier molecular flexibility index (Phi) is 4.62. The normalized spacial score (nSPS) is 10.8. The summed E-state index contributed by atoms with van der Waals surface area (Å²) >= 11 is 11.5. The zero-order valence-corrected chi connectivity index (χ0v) is 10.9. The Hall–Kier alpha value is -1.51. The van der Waals surface area contributed by atoms with Crippen molar-refractivity contribution in [2.75, 3.05) is 0 Å². The third-order valence-electron chi connectivity index (χ3n) is 2.23. The van der Waals surface area contributed by atoms with Crippen molar-refractivity contribution in [3.8, 4) is 0 Å². The maximum Gasteiger partial charge on any atom is 0.142 e. The van der Waals surface area contributed by atoms with E-state index in [1.165, 1.54) is 0 Å². The zero-order valence-electron chi connectivity index (χ0n) is 9.44. The molecule has 0 heterocycles. The highest BCUT2D eigenvalue weighted by Crippen LogP contribution is 2.10. The van der Waals surface area contributed by atoms with E-state index in [2.05, 4.69) is 11.4 Å². The first-order valence-electron chi connectivity index (χ1n) is 5.32. The van der Waals surface area contributed by atoms with E-state index in [1.807, 2.05) is 36.4 Å². The van der Waals surface area contributed by atoms with E-state index in [1.54, 1.807) is 12.1 Å². The van der Waals surface area contributed by atoms with Crippen LogP contribution in [0.15, 0.2) is 53.7 Å². The van der Waals surface area contributed by atoms with Gasteiger partial charge in [0.2, 0.25) is 0 Å². The second-order valence-electron chi connectivity index (χ2n) is 3.61. The fraction of sp³-hybridized carbons (Fsp3) is 0.0714. The van der Waals surface area contributed by atoms with Crippen LogP contribution >= 0.6 is 23.2 Å². The molecule has 18 heavy (non-hydrogen) atoms. The molecule has 0 unspecified atom stereocenters. The highest BCUT2D eigenvalue weighted by atomic mass is 35.5. The largest absolute Gasteiger partial charge is 0.390 e. The molecule has 0 bridgehead atoms. The maximum absolute atomic E-state index is 5.78. The molecule has 0 aromatic heterocycles. The standard InChI is InChI=1S/C14H10Cl2NO/c15-13-5-1-11(2-6-13)9-17-18-10-12-3-7-14(16)8-4-12/h1-8H,10H2. The predicted molar refractivity (Wildman–Crippen MR) is 74.2 cm³/mol. The third-order valence-corrected chi connectivity index (χ3v) is 2.73. The average Bonchev–Trinajstić information content (AvgIpc) is 2.39. The van der Waals surface area contributed by atoms with Gasteiger partial charge in [0.1, 0.15) is 12.8 Å². The first kappa shape index (κ1) is 12.9. The molecule has 2 nitrogen and oxygen atoms in total. The van der Waals surface area contributed by atoms with Crippen molar-refractivity contribution in [1.29, 1.82) is 0 Å². The number of hydrogen-bond donors (Lipinski definition) is 0. The van der Waals surface area contributed by atoms with Gasteiger partial charge in [-0.15, -0.1) is 0 Å². The topological polar surface area (TPSA) is 21.6 Å². The molecule has 0 atom stereocenters. The molecule has 0 saturated carbocycles. The highest BCUT2D eigenvalue weighted by molar-refractivity contribution is 6.30. The molecular formula is C14H10Cl2NO. The summed E-state index contributed by atoms with van der Waals surface area (Å²) in [6.07, 6.45) is 2.77. The molecule has 0 amide bonds. The molecule has 2 aromatic rings. The highest BCUT2D eigenvalue weighted by Gasteiger charge is 1.93. The van der Waals surface area contributed by atoms with Crippen LogP contribution in [-0.4, -0.2) is 6.21 Å². The van der Waals surface area contributed by atoms with Crippen LogP contribution in [0.25, 0.3) is 0 Å². The molecule has 0 aliphatic heterocycles. The summed E-state index contributed by atoms with van der Waals surface area (Å²) in [5.74, 6) is 0. The molecule has 0 aliphatic rings. The second kappa shape index (κ2) is 6.43. The second-order valence-corrected chi connectivity index (χ2v) is 4.48. The fourth-order valence-corrected chi connectivity index (χ4v) is 1.55. The Labute approximate surface area is 116 Å². The molecular weight excluding hydrogens is 269 g/mol. The van der Waals surface area contributed by atoms with Crippen LogP contribution < -0.4 is 0 Å². The number of rotatable bonds is 4. The predicted octanol–water partition coefficient (Wildman–Crippen LogP) is 4.42. The van der Waals surface area contributed by atoms with Crippen LogP contribution in [0.2, 0.25) is 10.0 Å². The lowest BCUT2D eigenvalue weighted by atomic mass is 10.2. The van der Waals surface area contributed by atoms with Crippen LogP contribution in [-0.2, 0) is 11.4 Å². The van der Waals surface area contributed by atoms with Crippen molar-refractivity contribution in [2.24, 2.45) is 5.16 Å². The molecule has 2 aromatic carbocycles. The number of benzene rings is 2. The number of hydrogen-bond acceptors (Lipinski definition) is 2. The van der Waals surface area contributed by atoms with Crippen molar-refractivity contribution in [3.63, 3.8) is 0 Å². The molecule has 0 N–H and O–H groups in total. The fourth-order valence-electron chi connectivity index (χ4n) is 1.30. The molecule has 91 valence electrons. The number of halogens is 2. The minimum Gasteiger partial charge on any atom is -0.390 e. The monoisotopic (exact) mass is 278 g/mol. The van der Waals surface area contributed by atoms with E-state index in [4.69, 9.17) is 28.0 Å². The lowest BCUT2D eigenvalue weighted by Crippen LogP contribution is -1.87. The minimum atomic E-state index is 0.387. The Balaban J connectivity index is 1.84. The molecule has 0 saturated heterocycles. The van der Waals surface area contributed by atoms with Crippen LogP contribution in [0, 0.1) is 0 Å². The van der Waals surface area contributed by atoms with Crippen molar-refractivity contribution >= 4 is 29.4 Å². The van der Waals surface area contributed by atoms with E-state index < -0.39 is 0 Å². The van der Waals surface area contributed by atoms with Gasteiger partial charge in [-0.3, -0.25) is 0 Å². The molecule has 0 aliphatic carbocycles. The molecule has 0 fully saturated rings. The summed E-state index contributed by atoms with van der Waals surface area (Å²) in [5, 5.41) is 5.15. The van der Waals surface area contributed by atoms with E-state index in [9.17, 15) is 0 Å². The van der Waals surface area contributed by atoms with Gasteiger partial charge in [0, 0.05) is 15.6 Å². The van der Waals surface area contributed by atoms with E-state index in [0.717, 1.165) is 11.1 Å². The van der Waals surface area contributed by atoms with Gasteiger partial charge in [0.15, 0.2) is 0 Å². The zero-order chi connectivity index (χ0) is 12.8. The van der Waals surface area contributed by atoms with E-state index in [-0.39, 0.29) is 0 Å². The summed E-state index contributed by atoms with van der Waals surface area (Å²) < 4.78 is 0. The summed E-state index contributed by atoms with van der Waals surface area (Å²) in [6, 6.07) is 14.6. The quantitative estimate of drug-likeness (QED) is 0.599. The summed E-state index contributed by atoms with van der Waals surface area (Å²) in [6.45, 7) is 0.387. The van der Waals surface area contributed by atoms with Crippen molar-refractivity contribution < 1.29 is 4.84 Å². The summed E-state index contributed by atoms with van der Waals surface area (Å²) in [7, 11) is 0. The van der Waals surface area contributed by atoms with Gasteiger partial charge in [0.25, 0.3) is 0 Å². The van der Waals surface area contributed by atoms with E-state index >= 15 is 0 Å². The van der Waals surface area contributed by atoms with Gasteiger partial charge in [-0.05, 0) is 29.8 Å². The van der Waals surface area contributed by atoms with Gasteiger partial charge in [0.05, 0.1) is 0 Å². The van der Waals surface area contributed by atoms with Crippen LogP contribution in [0.1, 0.15) is 11.1 Å². The lowest BCUT2D eigenvalue weighted by molar-refractivity contribution is 0.132. The first-order valence-corrected chi connectivity index (χ1v) is 6.08. The van der Waals surface area contributed by atoms with Crippen molar-refractivity contribution in [2.45, 2.75) is 6.61 Å².